The van der Waals surface area contributed by atoms with E-state index in [0.29, 0.717) is 33.4 Å². The van der Waals surface area contributed by atoms with Crippen molar-refractivity contribution in [3.05, 3.63) is 58.6 Å². The molecule has 2 aromatic rings. The van der Waals surface area contributed by atoms with Crippen LogP contribution in [0.3, 0.4) is 0 Å². The van der Waals surface area contributed by atoms with E-state index in [1.165, 1.54) is 19.3 Å². The van der Waals surface area contributed by atoms with E-state index >= 15 is 0 Å². The van der Waals surface area contributed by atoms with Gasteiger partial charge in [0, 0.05) is 6.08 Å². The van der Waals surface area contributed by atoms with E-state index in [4.69, 9.17) is 31.1 Å². The van der Waals surface area contributed by atoms with Crippen molar-refractivity contribution in [2.45, 2.75) is 20.0 Å². The lowest BCUT2D eigenvalue weighted by molar-refractivity contribution is -0.128. The molecule has 0 N–H and O–H groups in total. The summed E-state index contributed by atoms with van der Waals surface area (Å²) in [4.78, 5) is 12.0. The van der Waals surface area contributed by atoms with Crippen LogP contribution in [0.5, 0.6) is 17.2 Å². The van der Waals surface area contributed by atoms with Crippen molar-refractivity contribution in [1.29, 1.82) is 5.26 Å². The van der Waals surface area contributed by atoms with Gasteiger partial charge in [0.15, 0.2) is 11.5 Å². The fourth-order valence-electron chi connectivity index (χ4n) is 2.13. The Labute approximate surface area is 157 Å². The zero-order valence-electron chi connectivity index (χ0n) is 14.7. The molecule has 6 heteroatoms. The molecule has 0 heterocycles. The number of hydrogen-bond acceptors (Lipinski definition) is 5. The molecule has 0 saturated carbocycles. The molecular weight excluding hydrogens is 354 g/mol. The number of nitriles is 1. The van der Waals surface area contributed by atoms with Crippen LogP contribution in [-0.4, -0.2) is 19.2 Å². The topological polar surface area (TPSA) is 68.5 Å². The quantitative estimate of drug-likeness (QED) is 0.421. The average molecular weight is 372 g/mol. The summed E-state index contributed by atoms with van der Waals surface area (Å²) >= 11 is 6.25. The normalized spacial score (nSPS) is 10.6. The van der Waals surface area contributed by atoms with Crippen LogP contribution in [0, 0.1) is 11.3 Å². The van der Waals surface area contributed by atoms with Crippen molar-refractivity contribution in [3.8, 4) is 23.3 Å². The highest BCUT2D eigenvalue weighted by Gasteiger charge is 2.13. The predicted molar refractivity (Wildman–Crippen MR) is 99.6 cm³/mol. The summed E-state index contributed by atoms with van der Waals surface area (Å²) in [6.45, 7) is 3.78. The number of ether oxygens (including phenoxy) is 3. The summed E-state index contributed by atoms with van der Waals surface area (Å²) in [6.07, 6.45) is 2.78. The van der Waals surface area contributed by atoms with Crippen LogP contribution in [0.1, 0.15) is 25.0 Å². The molecule has 5 nitrogen and oxygen atoms in total. The largest absolute Gasteiger partial charge is 0.493 e. The maximum Gasteiger partial charge on any atom is 0.336 e. The number of rotatable bonds is 6. The van der Waals surface area contributed by atoms with Gasteiger partial charge in [-0.05, 0) is 55.8 Å². The van der Waals surface area contributed by atoms with Crippen LogP contribution in [0.25, 0.3) is 6.08 Å². The van der Waals surface area contributed by atoms with Crippen LogP contribution in [0.2, 0.25) is 5.02 Å². The van der Waals surface area contributed by atoms with Gasteiger partial charge < -0.3 is 14.2 Å². The molecule has 0 bridgehead atoms. The summed E-state index contributed by atoms with van der Waals surface area (Å²) in [7, 11) is 1.52. The number of carbonyl (C=O) groups excluding carboxylic acids is 1. The number of hydrogen-bond donors (Lipinski definition) is 0. The molecule has 0 unspecified atom stereocenters. The first-order valence-corrected chi connectivity index (χ1v) is 8.25. The van der Waals surface area contributed by atoms with Gasteiger partial charge in [-0.15, -0.1) is 0 Å². The summed E-state index contributed by atoms with van der Waals surface area (Å²) in [6, 6.07) is 11.7. The van der Waals surface area contributed by atoms with Crippen molar-refractivity contribution in [3.63, 3.8) is 0 Å². The van der Waals surface area contributed by atoms with Gasteiger partial charge in [-0.2, -0.15) is 5.26 Å². The minimum atomic E-state index is -0.572. The molecule has 0 aliphatic rings. The number of esters is 1. The van der Waals surface area contributed by atoms with E-state index in [9.17, 15) is 4.79 Å². The van der Waals surface area contributed by atoms with Crippen LogP contribution in [-0.2, 0) is 4.79 Å². The Morgan fingerprint density at radius 3 is 2.69 bits per heavy atom. The molecule has 2 aromatic carbocycles. The van der Waals surface area contributed by atoms with E-state index in [1.54, 1.807) is 36.4 Å². The molecule has 0 aliphatic heterocycles. The predicted octanol–water partition coefficient (Wildman–Crippen LogP) is 4.63. The third kappa shape index (κ3) is 5.27. The fraction of sp³-hybridized carbons (Fsp3) is 0.200. The molecule has 0 spiro atoms. The molecule has 0 amide bonds. The summed E-state index contributed by atoms with van der Waals surface area (Å²) < 4.78 is 16.1. The molecule has 0 fully saturated rings. The Bertz CT molecular complexity index is 869. The Hall–Kier alpha value is -2.97. The molecule has 0 aromatic heterocycles. The first-order chi connectivity index (χ1) is 12.4. The monoisotopic (exact) mass is 371 g/mol. The highest BCUT2D eigenvalue weighted by atomic mass is 35.5. The summed E-state index contributed by atoms with van der Waals surface area (Å²) in [5.41, 5.74) is 1.07. The van der Waals surface area contributed by atoms with Gasteiger partial charge in [0.1, 0.15) is 5.75 Å². The minimum Gasteiger partial charge on any atom is -0.493 e. The molecular formula is C20H18ClNO4. The van der Waals surface area contributed by atoms with E-state index in [-0.39, 0.29) is 6.10 Å². The fourth-order valence-corrected chi connectivity index (χ4v) is 2.39. The number of benzene rings is 2. The second kappa shape index (κ2) is 8.93. The third-order valence-electron chi connectivity index (χ3n) is 3.20. The molecule has 0 saturated heterocycles. The van der Waals surface area contributed by atoms with Gasteiger partial charge in [0.25, 0.3) is 0 Å². The van der Waals surface area contributed by atoms with Gasteiger partial charge in [-0.3, -0.25) is 0 Å². The highest BCUT2D eigenvalue weighted by Crippen LogP contribution is 2.37. The van der Waals surface area contributed by atoms with Gasteiger partial charge in [0.05, 0.1) is 29.9 Å². The Morgan fingerprint density at radius 2 is 2.04 bits per heavy atom. The van der Waals surface area contributed by atoms with Crippen LogP contribution >= 0.6 is 11.6 Å². The first kappa shape index (κ1) is 19.4. The minimum absolute atomic E-state index is 0.0538. The lowest BCUT2D eigenvalue weighted by Gasteiger charge is -2.15. The smallest absolute Gasteiger partial charge is 0.336 e. The van der Waals surface area contributed by atoms with Gasteiger partial charge in [0.2, 0.25) is 0 Å². The van der Waals surface area contributed by atoms with Gasteiger partial charge >= 0.3 is 5.97 Å². The molecule has 0 aliphatic carbocycles. The SMILES string of the molecule is COc1cc(/C=C/C(=O)Oc2cccc(C#N)c2)cc(Cl)c1OC(C)C. The maximum atomic E-state index is 12.0. The van der Waals surface area contributed by atoms with Crippen molar-refractivity contribution >= 4 is 23.6 Å². The van der Waals surface area contributed by atoms with Crippen LogP contribution in [0.4, 0.5) is 0 Å². The van der Waals surface area contributed by atoms with E-state index in [0.717, 1.165) is 0 Å². The molecule has 2 rings (SSSR count). The average Bonchev–Trinajstić information content (AvgIpc) is 2.61. The highest BCUT2D eigenvalue weighted by molar-refractivity contribution is 6.32. The van der Waals surface area contributed by atoms with Crippen molar-refractivity contribution in [1.82, 2.24) is 0 Å². The van der Waals surface area contributed by atoms with Gasteiger partial charge in [-0.25, -0.2) is 4.79 Å². The second-order valence-corrected chi connectivity index (χ2v) is 6.00. The van der Waals surface area contributed by atoms with Crippen molar-refractivity contribution in [2.75, 3.05) is 7.11 Å². The second-order valence-electron chi connectivity index (χ2n) is 5.59. The third-order valence-corrected chi connectivity index (χ3v) is 3.48. The first-order valence-electron chi connectivity index (χ1n) is 7.87. The van der Waals surface area contributed by atoms with Crippen molar-refractivity contribution in [2.24, 2.45) is 0 Å². The van der Waals surface area contributed by atoms with Gasteiger partial charge in [-0.1, -0.05) is 17.7 Å². The molecule has 26 heavy (non-hydrogen) atoms. The number of carbonyl (C=O) groups is 1. The van der Waals surface area contributed by atoms with Crippen molar-refractivity contribution < 1.29 is 19.0 Å². The molecule has 0 atom stereocenters. The maximum absolute atomic E-state index is 12.0. The zero-order valence-corrected chi connectivity index (χ0v) is 15.4. The summed E-state index contributed by atoms with van der Waals surface area (Å²) in [5.74, 6) is 0.658. The summed E-state index contributed by atoms with van der Waals surface area (Å²) in [5, 5.41) is 9.24. The van der Waals surface area contributed by atoms with E-state index in [1.807, 2.05) is 19.9 Å². The Kier molecular flexibility index (Phi) is 6.65. The Balaban J connectivity index is 2.15. The lowest BCUT2D eigenvalue weighted by atomic mass is 10.2. The number of methoxy groups -OCH3 is 1. The number of halogens is 1. The number of nitrogens with zero attached hydrogens (tertiary/aromatic N) is 1. The van der Waals surface area contributed by atoms with E-state index in [2.05, 4.69) is 0 Å². The van der Waals surface area contributed by atoms with Crippen LogP contribution in [0.15, 0.2) is 42.5 Å². The molecule has 0 radical (unpaired) electrons. The van der Waals surface area contributed by atoms with E-state index < -0.39 is 5.97 Å². The standard InChI is InChI=1S/C20H18ClNO4/c1-13(2)25-20-17(21)10-14(11-18(20)24-3)7-8-19(23)26-16-6-4-5-15(9-16)12-22/h4-11,13H,1-3H3/b8-7+. The zero-order chi connectivity index (χ0) is 19.1. The van der Waals surface area contributed by atoms with Crippen LogP contribution < -0.4 is 14.2 Å². The Morgan fingerprint density at radius 1 is 1.27 bits per heavy atom. The molecule has 134 valence electrons. The lowest BCUT2D eigenvalue weighted by Crippen LogP contribution is -2.07.